The first kappa shape index (κ1) is 18.5. The summed E-state index contributed by atoms with van der Waals surface area (Å²) >= 11 is 1.52. The van der Waals surface area contributed by atoms with Crippen molar-refractivity contribution in [2.75, 3.05) is 26.2 Å². The number of hydrogen-bond acceptors (Lipinski definition) is 5. The minimum absolute atomic E-state index is 0.0817. The monoisotopic (exact) mass is 372 g/mol. The molecule has 2 N–H and O–H groups in total. The average molecular weight is 372 g/mol. The van der Waals surface area contributed by atoms with Gasteiger partial charge in [-0.15, -0.1) is 11.3 Å². The second-order valence-corrected chi connectivity index (χ2v) is 7.64. The standard InChI is InChI=1S/C19H24N4O2S/c1-14-21-16(13-26-14)11-18(24)23-10-9-22(12-17(23)19(20)25)8-7-15-5-3-2-4-6-15/h2-6,13,17H,7-12H2,1H3,(H2,20,25). The van der Waals surface area contributed by atoms with Crippen molar-refractivity contribution in [3.05, 3.63) is 52.0 Å². The topological polar surface area (TPSA) is 79.5 Å². The van der Waals surface area contributed by atoms with Gasteiger partial charge < -0.3 is 10.6 Å². The second kappa shape index (κ2) is 8.42. The van der Waals surface area contributed by atoms with Crippen LogP contribution in [0.3, 0.4) is 0 Å². The van der Waals surface area contributed by atoms with E-state index < -0.39 is 11.9 Å². The van der Waals surface area contributed by atoms with Crippen LogP contribution in [0.4, 0.5) is 0 Å². The van der Waals surface area contributed by atoms with Crippen LogP contribution in [0, 0.1) is 6.92 Å². The molecule has 0 radical (unpaired) electrons. The molecule has 1 fully saturated rings. The number of aromatic nitrogens is 1. The van der Waals surface area contributed by atoms with E-state index in [-0.39, 0.29) is 12.3 Å². The van der Waals surface area contributed by atoms with Crippen LogP contribution in [0.1, 0.15) is 16.3 Å². The molecule has 2 amide bonds. The Morgan fingerprint density at radius 2 is 2.04 bits per heavy atom. The molecule has 1 atom stereocenters. The highest BCUT2D eigenvalue weighted by Gasteiger charge is 2.33. The molecule has 1 aromatic carbocycles. The summed E-state index contributed by atoms with van der Waals surface area (Å²) in [4.78, 5) is 32.7. The van der Waals surface area contributed by atoms with Gasteiger partial charge in [0, 0.05) is 31.6 Å². The van der Waals surface area contributed by atoms with Crippen LogP contribution in [0.2, 0.25) is 0 Å². The molecule has 6 nitrogen and oxygen atoms in total. The summed E-state index contributed by atoms with van der Waals surface area (Å²) in [6, 6.07) is 9.67. The molecule has 7 heteroatoms. The van der Waals surface area contributed by atoms with E-state index in [4.69, 9.17) is 5.73 Å². The third-order valence-electron chi connectivity index (χ3n) is 4.67. The van der Waals surface area contributed by atoms with Crippen molar-refractivity contribution in [1.29, 1.82) is 0 Å². The minimum atomic E-state index is -0.577. The Morgan fingerprint density at radius 1 is 1.27 bits per heavy atom. The number of amides is 2. The quantitative estimate of drug-likeness (QED) is 0.827. The molecule has 1 unspecified atom stereocenters. The number of carbonyl (C=O) groups excluding carboxylic acids is 2. The molecule has 1 aromatic heterocycles. The molecular weight excluding hydrogens is 348 g/mol. The van der Waals surface area contributed by atoms with Crippen molar-refractivity contribution in [3.63, 3.8) is 0 Å². The van der Waals surface area contributed by atoms with Crippen LogP contribution in [0.5, 0.6) is 0 Å². The Bertz CT molecular complexity index is 762. The number of thiazole rings is 1. The smallest absolute Gasteiger partial charge is 0.241 e. The van der Waals surface area contributed by atoms with Gasteiger partial charge in [0.1, 0.15) is 6.04 Å². The Morgan fingerprint density at radius 3 is 2.69 bits per heavy atom. The number of piperazine rings is 1. The maximum atomic E-state index is 12.6. The van der Waals surface area contributed by atoms with Crippen LogP contribution < -0.4 is 5.73 Å². The third kappa shape index (κ3) is 4.68. The van der Waals surface area contributed by atoms with Crippen molar-refractivity contribution in [3.8, 4) is 0 Å². The van der Waals surface area contributed by atoms with Gasteiger partial charge in [0.25, 0.3) is 0 Å². The zero-order valence-corrected chi connectivity index (χ0v) is 15.7. The van der Waals surface area contributed by atoms with Crippen molar-refractivity contribution in [2.45, 2.75) is 25.8 Å². The first-order valence-corrected chi connectivity index (χ1v) is 9.67. The van der Waals surface area contributed by atoms with Gasteiger partial charge in [-0.25, -0.2) is 4.98 Å². The van der Waals surface area contributed by atoms with Gasteiger partial charge in [-0.1, -0.05) is 30.3 Å². The van der Waals surface area contributed by atoms with E-state index in [0.29, 0.717) is 13.1 Å². The molecule has 0 spiro atoms. The van der Waals surface area contributed by atoms with Crippen LogP contribution >= 0.6 is 11.3 Å². The number of primary amides is 1. The molecule has 2 heterocycles. The average Bonchev–Trinajstić information content (AvgIpc) is 3.05. The van der Waals surface area contributed by atoms with Crippen molar-refractivity contribution in [2.24, 2.45) is 5.73 Å². The van der Waals surface area contributed by atoms with E-state index in [1.165, 1.54) is 16.9 Å². The summed E-state index contributed by atoms with van der Waals surface area (Å²) in [7, 11) is 0. The molecule has 1 saturated heterocycles. The Balaban J connectivity index is 1.59. The van der Waals surface area contributed by atoms with Crippen molar-refractivity contribution in [1.82, 2.24) is 14.8 Å². The molecule has 3 rings (SSSR count). The van der Waals surface area contributed by atoms with Crippen LogP contribution in [0.25, 0.3) is 0 Å². The molecule has 0 aliphatic carbocycles. The second-order valence-electron chi connectivity index (χ2n) is 6.58. The highest BCUT2D eigenvalue weighted by molar-refractivity contribution is 7.09. The molecule has 1 aliphatic heterocycles. The number of nitrogens with zero attached hydrogens (tertiary/aromatic N) is 3. The lowest BCUT2D eigenvalue weighted by molar-refractivity contribution is -0.142. The van der Waals surface area contributed by atoms with Gasteiger partial charge in [0.05, 0.1) is 17.1 Å². The zero-order valence-electron chi connectivity index (χ0n) is 14.9. The zero-order chi connectivity index (χ0) is 18.5. The highest BCUT2D eigenvalue weighted by atomic mass is 32.1. The number of aryl methyl sites for hydroxylation is 1. The summed E-state index contributed by atoms with van der Waals surface area (Å²) in [6.45, 7) is 4.52. The normalized spacial score (nSPS) is 18.0. The Labute approximate surface area is 157 Å². The fraction of sp³-hybridized carbons (Fsp3) is 0.421. The van der Waals surface area contributed by atoms with Gasteiger partial charge in [-0.3, -0.25) is 14.5 Å². The lowest BCUT2D eigenvalue weighted by atomic mass is 10.1. The van der Waals surface area contributed by atoms with Crippen LogP contribution in [-0.4, -0.2) is 58.8 Å². The molecule has 0 bridgehead atoms. The number of hydrogen-bond donors (Lipinski definition) is 1. The molecule has 1 aliphatic rings. The van der Waals surface area contributed by atoms with E-state index in [2.05, 4.69) is 22.0 Å². The van der Waals surface area contributed by atoms with Gasteiger partial charge in [-0.2, -0.15) is 0 Å². The fourth-order valence-electron chi connectivity index (χ4n) is 3.26. The first-order chi connectivity index (χ1) is 12.5. The fourth-order valence-corrected chi connectivity index (χ4v) is 3.87. The molecule has 2 aromatic rings. The Hall–Kier alpha value is -2.25. The maximum absolute atomic E-state index is 12.6. The Kier molecular flexibility index (Phi) is 6.00. The summed E-state index contributed by atoms with van der Waals surface area (Å²) in [5.74, 6) is -0.529. The number of benzene rings is 1. The van der Waals surface area contributed by atoms with Crippen molar-refractivity contribution < 1.29 is 9.59 Å². The first-order valence-electron chi connectivity index (χ1n) is 8.79. The van der Waals surface area contributed by atoms with E-state index in [1.54, 1.807) is 4.90 Å². The van der Waals surface area contributed by atoms with Gasteiger partial charge >= 0.3 is 0 Å². The lowest BCUT2D eigenvalue weighted by Crippen LogP contribution is -2.60. The van der Waals surface area contributed by atoms with Gasteiger partial charge in [0.15, 0.2) is 0 Å². The molecule has 26 heavy (non-hydrogen) atoms. The number of nitrogens with two attached hydrogens (primary N) is 1. The summed E-state index contributed by atoms with van der Waals surface area (Å²) < 4.78 is 0. The number of rotatable bonds is 6. The number of carbonyl (C=O) groups is 2. The molecule has 138 valence electrons. The van der Waals surface area contributed by atoms with E-state index >= 15 is 0 Å². The molecular formula is C19H24N4O2S. The van der Waals surface area contributed by atoms with E-state index in [1.807, 2.05) is 30.5 Å². The maximum Gasteiger partial charge on any atom is 0.241 e. The van der Waals surface area contributed by atoms with Gasteiger partial charge in [-0.05, 0) is 18.9 Å². The summed E-state index contributed by atoms with van der Waals surface area (Å²) in [5, 5.41) is 2.83. The summed E-state index contributed by atoms with van der Waals surface area (Å²) in [5.41, 5.74) is 7.61. The SMILES string of the molecule is Cc1nc(CC(=O)N2CCN(CCc3ccccc3)CC2C(N)=O)cs1. The van der Waals surface area contributed by atoms with Gasteiger partial charge in [0.2, 0.25) is 11.8 Å². The van der Waals surface area contributed by atoms with E-state index in [9.17, 15) is 9.59 Å². The van der Waals surface area contributed by atoms with Crippen LogP contribution in [0.15, 0.2) is 35.7 Å². The summed E-state index contributed by atoms with van der Waals surface area (Å²) in [6.07, 6.45) is 1.14. The predicted molar refractivity (Wildman–Crippen MR) is 102 cm³/mol. The van der Waals surface area contributed by atoms with Crippen molar-refractivity contribution >= 4 is 23.2 Å². The van der Waals surface area contributed by atoms with Crippen LogP contribution in [-0.2, 0) is 22.4 Å². The largest absolute Gasteiger partial charge is 0.368 e. The molecule has 0 saturated carbocycles. The van der Waals surface area contributed by atoms with E-state index in [0.717, 1.165) is 30.2 Å². The highest BCUT2D eigenvalue weighted by Crippen LogP contribution is 2.15. The minimum Gasteiger partial charge on any atom is -0.368 e. The third-order valence-corrected chi connectivity index (χ3v) is 5.49. The lowest BCUT2D eigenvalue weighted by Gasteiger charge is -2.40. The predicted octanol–water partition coefficient (Wildman–Crippen LogP) is 1.23.